The Morgan fingerprint density at radius 2 is 2.12 bits per heavy atom. The van der Waals surface area contributed by atoms with Gasteiger partial charge in [-0.3, -0.25) is 19.3 Å². The van der Waals surface area contributed by atoms with Crippen molar-refractivity contribution in [3.8, 4) is 0 Å². The zero-order valence-corrected chi connectivity index (χ0v) is 16.5. The fourth-order valence-electron chi connectivity index (χ4n) is 3.21. The van der Waals surface area contributed by atoms with Gasteiger partial charge in [0.2, 0.25) is 11.8 Å². The SMILES string of the molecule is CCC(C)C(=O)N1CSCC1C(=O)N1CCOC(CN(C)CC(=O)O)C1. The third-order valence-electron chi connectivity index (χ3n) is 4.86. The number of thioether (sulfide) groups is 1. The number of carbonyl (C=O) groups is 3. The highest BCUT2D eigenvalue weighted by Crippen LogP contribution is 2.25. The molecule has 8 nitrogen and oxygen atoms in total. The smallest absolute Gasteiger partial charge is 0.317 e. The second kappa shape index (κ2) is 9.57. The molecule has 0 aromatic rings. The molecule has 3 unspecified atom stereocenters. The monoisotopic (exact) mass is 387 g/mol. The molecular weight excluding hydrogens is 358 g/mol. The van der Waals surface area contributed by atoms with E-state index < -0.39 is 12.0 Å². The molecule has 2 rings (SSSR count). The molecule has 3 atom stereocenters. The molecule has 9 heteroatoms. The number of rotatable bonds is 7. The largest absolute Gasteiger partial charge is 0.480 e. The van der Waals surface area contributed by atoms with Crippen LogP contribution in [0, 0.1) is 5.92 Å². The fraction of sp³-hybridized carbons (Fsp3) is 0.824. The molecule has 148 valence electrons. The van der Waals surface area contributed by atoms with E-state index in [4.69, 9.17) is 9.84 Å². The van der Waals surface area contributed by atoms with Crippen LogP contribution >= 0.6 is 11.8 Å². The maximum absolute atomic E-state index is 13.0. The molecular formula is C17H29N3O5S. The van der Waals surface area contributed by atoms with Crippen LogP contribution in [-0.4, -0.2) is 101 Å². The topological polar surface area (TPSA) is 90.4 Å². The summed E-state index contributed by atoms with van der Waals surface area (Å²) in [6.07, 6.45) is 0.543. The lowest BCUT2D eigenvalue weighted by Gasteiger charge is -2.37. The second-order valence-electron chi connectivity index (χ2n) is 7.00. The van der Waals surface area contributed by atoms with Gasteiger partial charge in [0.15, 0.2) is 0 Å². The van der Waals surface area contributed by atoms with Crippen LogP contribution in [0.1, 0.15) is 20.3 Å². The molecule has 0 bridgehead atoms. The van der Waals surface area contributed by atoms with Crippen LogP contribution in [-0.2, 0) is 19.1 Å². The summed E-state index contributed by atoms with van der Waals surface area (Å²) in [7, 11) is 1.72. The highest BCUT2D eigenvalue weighted by atomic mass is 32.2. The first-order valence-corrected chi connectivity index (χ1v) is 10.2. The first-order chi connectivity index (χ1) is 12.3. The number of ether oxygens (including phenoxy) is 1. The number of aliphatic carboxylic acids is 1. The van der Waals surface area contributed by atoms with Crippen LogP contribution in [0.4, 0.5) is 0 Å². The summed E-state index contributed by atoms with van der Waals surface area (Å²) >= 11 is 1.61. The van der Waals surface area contributed by atoms with Gasteiger partial charge in [-0.05, 0) is 13.5 Å². The Kier molecular flexibility index (Phi) is 7.72. The average Bonchev–Trinajstić information content (AvgIpc) is 3.08. The number of hydrogen-bond acceptors (Lipinski definition) is 6. The number of carboxylic acid groups (broad SMARTS) is 1. The van der Waals surface area contributed by atoms with E-state index in [0.29, 0.717) is 37.9 Å². The molecule has 2 aliphatic heterocycles. The summed E-state index contributed by atoms with van der Waals surface area (Å²) < 4.78 is 5.69. The van der Waals surface area contributed by atoms with E-state index >= 15 is 0 Å². The van der Waals surface area contributed by atoms with E-state index in [1.54, 1.807) is 33.5 Å². The molecule has 0 spiro atoms. The predicted octanol–water partition coefficient (Wildman–Crippen LogP) is 0.178. The molecule has 26 heavy (non-hydrogen) atoms. The molecule has 2 heterocycles. The van der Waals surface area contributed by atoms with Crippen LogP contribution in [0.15, 0.2) is 0 Å². The summed E-state index contributed by atoms with van der Waals surface area (Å²) in [5.74, 6) is 0.239. The molecule has 0 aliphatic carbocycles. The molecule has 2 aliphatic rings. The van der Waals surface area contributed by atoms with Crippen LogP contribution in [0.3, 0.4) is 0 Å². The minimum absolute atomic E-state index is 0.0270. The molecule has 0 radical (unpaired) electrons. The quantitative estimate of drug-likeness (QED) is 0.666. The Morgan fingerprint density at radius 3 is 2.77 bits per heavy atom. The first kappa shape index (κ1) is 21.0. The van der Waals surface area contributed by atoms with Crippen molar-refractivity contribution in [3.63, 3.8) is 0 Å². The summed E-state index contributed by atoms with van der Waals surface area (Å²) in [6.45, 7) is 5.62. The molecule has 1 N–H and O–H groups in total. The lowest BCUT2D eigenvalue weighted by atomic mass is 10.1. The van der Waals surface area contributed by atoms with Gasteiger partial charge < -0.3 is 19.6 Å². The van der Waals surface area contributed by atoms with E-state index in [-0.39, 0.29) is 30.4 Å². The van der Waals surface area contributed by atoms with Crippen molar-refractivity contribution in [3.05, 3.63) is 0 Å². The van der Waals surface area contributed by atoms with Crippen molar-refractivity contribution < 1.29 is 24.2 Å². The van der Waals surface area contributed by atoms with Gasteiger partial charge in [0, 0.05) is 31.3 Å². The van der Waals surface area contributed by atoms with Gasteiger partial charge in [-0.15, -0.1) is 11.8 Å². The first-order valence-electron chi connectivity index (χ1n) is 9.02. The summed E-state index contributed by atoms with van der Waals surface area (Å²) in [4.78, 5) is 41.5. The van der Waals surface area contributed by atoms with E-state index in [1.807, 2.05) is 13.8 Å². The fourth-order valence-corrected chi connectivity index (χ4v) is 4.36. The van der Waals surface area contributed by atoms with Crippen LogP contribution < -0.4 is 0 Å². The van der Waals surface area contributed by atoms with Gasteiger partial charge in [0.05, 0.1) is 25.1 Å². The molecule has 0 saturated carbocycles. The predicted molar refractivity (Wildman–Crippen MR) is 98.9 cm³/mol. The van der Waals surface area contributed by atoms with Crippen molar-refractivity contribution in [1.29, 1.82) is 0 Å². The van der Waals surface area contributed by atoms with Crippen molar-refractivity contribution in [2.45, 2.75) is 32.4 Å². The molecule has 2 amide bonds. The Labute approximate surface area is 158 Å². The van der Waals surface area contributed by atoms with Gasteiger partial charge >= 0.3 is 5.97 Å². The maximum Gasteiger partial charge on any atom is 0.317 e. The van der Waals surface area contributed by atoms with Crippen molar-refractivity contribution in [1.82, 2.24) is 14.7 Å². The molecule has 0 aromatic heterocycles. The van der Waals surface area contributed by atoms with Gasteiger partial charge in [-0.1, -0.05) is 13.8 Å². The Bertz CT molecular complexity index is 533. The normalized spacial score (nSPS) is 24.8. The number of likely N-dealkylation sites (N-methyl/N-ethyl adjacent to an activating group) is 1. The van der Waals surface area contributed by atoms with Crippen molar-refractivity contribution in [2.24, 2.45) is 5.92 Å². The summed E-state index contributed by atoms with van der Waals surface area (Å²) in [5, 5.41) is 8.86. The third kappa shape index (κ3) is 5.34. The highest BCUT2D eigenvalue weighted by Gasteiger charge is 2.39. The van der Waals surface area contributed by atoms with E-state index in [0.717, 1.165) is 6.42 Å². The Morgan fingerprint density at radius 1 is 1.38 bits per heavy atom. The summed E-state index contributed by atoms with van der Waals surface area (Å²) in [5.41, 5.74) is 0. The van der Waals surface area contributed by atoms with E-state index in [1.165, 1.54) is 0 Å². The van der Waals surface area contributed by atoms with Gasteiger partial charge in [0.25, 0.3) is 0 Å². The molecule has 2 saturated heterocycles. The van der Waals surface area contributed by atoms with Crippen LogP contribution in [0.5, 0.6) is 0 Å². The zero-order valence-electron chi connectivity index (χ0n) is 15.7. The minimum atomic E-state index is -0.890. The zero-order chi connectivity index (χ0) is 19.3. The number of amides is 2. The average molecular weight is 388 g/mol. The lowest BCUT2D eigenvalue weighted by molar-refractivity contribution is -0.150. The van der Waals surface area contributed by atoms with Crippen LogP contribution in [0.2, 0.25) is 0 Å². The molecule has 0 aromatic carbocycles. The van der Waals surface area contributed by atoms with Crippen molar-refractivity contribution >= 4 is 29.5 Å². The standard InChI is InChI=1S/C17H29N3O5S/c1-4-12(2)16(23)20-11-26-10-14(20)17(24)19-5-6-25-13(8-19)7-18(3)9-15(21)22/h12-14H,4-11H2,1-3H3,(H,21,22). The maximum atomic E-state index is 13.0. The lowest BCUT2D eigenvalue weighted by Crippen LogP contribution is -2.55. The van der Waals surface area contributed by atoms with E-state index in [2.05, 4.69) is 0 Å². The number of morpholine rings is 1. The van der Waals surface area contributed by atoms with E-state index in [9.17, 15) is 14.4 Å². The Hall–Kier alpha value is -1.32. The number of carboxylic acids is 1. The van der Waals surface area contributed by atoms with Crippen molar-refractivity contribution in [2.75, 3.05) is 51.5 Å². The van der Waals surface area contributed by atoms with Gasteiger partial charge in [-0.25, -0.2) is 0 Å². The number of hydrogen-bond donors (Lipinski definition) is 1. The number of nitrogens with zero attached hydrogens (tertiary/aromatic N) is 3. The minimum Gasteiger partial charge on any atom is -0.480 e. The third-order valence-corrected chi connectivity index (χ3v) is 5.87. The highest BCUT2D eigenvalue weighted by molar-refractivity contribution is 7.99. The Balaban J connectivity index is 1.95. The van der Waals surface area contributed by atoms with Gasteiger partial charge in [0.1, 0.15) is 6.04 Å². The van der Waals surface area contributed by atoms with Crippen LogP contribution in [0.25, 0.3) is 0 Å². The molecule has 2 fully saturated rings. The number of carbonyl (C=O) groups excluding carboxylic acids is 2. The second-order valence-corrected chi connectivity index (χ2v) is 8.00. The van der Waals surface area contributed by atoms with Gasteiger partial charge in [-0.2, -0.15) is 0 Å². The summed E-state index contributed by atoms with van der Waals surface area (Å²) in [6, 6.07) is -0.406.